The number of carbonyl (C=O) groups excluding carboxylic acids is 1. The van der Waals surface area contributed by atoms with Gasteiger partial charge in [-0.25, -0.2) is 4.99 Å². The van der Waals surface area contributed by atoms with Crippen molar-refractivity contribution in [2.75, 3.05) is 0 Å². The van der Waals surface area contributed by atoms with Gasteiger partial charge in [0.2, 0.25) is 0 Å². The van der Waals surface area contributed by atoms with Gasteiger partial charge in [-0.05, 0) is 19.1 Å². The van der Waals surface area contributed by atoms with Gasteiger partial charge >= 0.3 is 0 Å². The predicted molar refractivity (Wildman–Crippen MR) is 84.0 cm³/mol. The predicted octanol–water partition coefficient (Wildman–Crippen LogP) is 1.73. The summed E-state index contributed by atoms with van der Waals surface area (Å²) in [5, 5.41) is 13.0. The Morgan fingerprint density at radius 2 is 1.82 bits per heavy atom. The summed E-state index contributed by atoms with van der Waals surface area (Å²) in [6, 6.07) is 15.1. The highest BCUT2D eigenvalue weighted by Gasteiger charge is 2.26. The van der Waals surface area contributed by atoms with Crippen LogP contribution in [0.25, 0.3) is 16.5 Å². The number of aromatic hydroxyl groups is 1. The highest BCUT2D eigenvalue weighted by Crippen LogP contribution is 2.36. The molecule has 0 saturated carbocycles. The van der Waals surface area contributed by atoms with Gasteiger partial charge in [0.1, 0.15) is 0 Å². The molecule has 0 atom stereocenters. The van der Waals surface area contributed by atoms with Crippen molar-refractivity contribution in [2.45, 2.75) is 13.5 Å². The van der Waals surface area contributed by atoms with Gasteiger partial charge in [-0.2, -0.15) is 0 Å². The molecular formula is C18H14N2O2. The smallest absolute Gasteiger partial charge is 0.279 e. The van der Waals surface area contributed by atoms with Crippen molar-refractivity contribution in [3.05, 3.63) is 64.7 Å². The molecule has 0 unspecified atom stereocenters. The van der Waals surface area contributed by atoms with Crippen LogP contribution in [-0.2, 0) is 11.3 Å². The summed E-state index contributed by atoms with van der Waals surface area (Å²) in [4.78, 5) is 16.5. The van der Waals surface area contributed by atoms with Crippen LogP contribution in [0.2, 0.25) is 0 Å². The molecule has 1 aliphatic rings. The molecule has 22 heavy (non-hydrogen) atoms. The van der Waals surface area contributed by atoms with E-state index in [2.05, 4.69) is 4.99 Å². The van der Waals surface area contributed by atoms with Gasteiger partial charge in [0.15, 0.2) is 5.88 Å². The van der Waals surface area contributed by atoms with Gasteiger partial charge in [-0.1, -0.05) is 36.4 Å². The quantitative estimate of drug-likeness (QED) is 0.781. The molecule has 0 fully saturated rings. The summed E-state index contributed by atoms with van der Waals surface area (Å²) in [5.74, 6) is -0.172. The number of benzene rings is 2. The highest BCUT2D eigenvalue weighted by molar-refractivity contribution is 6.24. The normalized spacial score (nSPS) is 13.5. The molecule has 0 radical (unpaired) electrons. The number of hydrogen-bond acceptors (Lipinski definition) is 2. The molecule has 1 N–H and O–H groups in total. The fourth-order valence-electron chi connectivity index (χ4n) is 3.16. The minimum absolute atomic E-state index is 0.124. The molecule has 1 aromatic heterocycles. The first-order valence-electron chi connectivity index (χ1n) is 7.25. The number of carbonyl (C=O) groups is 1. The van der Waals surface area contributed by atoms with Crippen molar-refractivity contribution in [1.82, 2.24) is 4.57 Å². The van der Waals surface area contributed by atoms with Gasteiger partial charge in [0.05, 0.1) is 22.0 Å². The zero-order valence-corrected chi connectivity index (χ0v) is 12.1. The van der Waals surface area contributed by atoms with Crippen molar-refractivity contribution in [1.29, 1.82) is 0 Å². The first kappa shape index (κ1) is 12.8. The minimum Gasteiger partial charge on any atom is -0.494 e. The zero-order valence-electron chi connectivity index (χ0n) is 12.1. The summed E-state index contributed by atoms with van der Waals surface area (Å²) in [6.07, 6.45) is 0. The second-order valence-corrected chi connectivity index (χ2v) is 5.27. The number of aromatic nitrogens is 1. The van der Waals surface area contributed by atoms with E-state index >= 15 is 0 Å². The summed E-state index contributed by atoms with van der Waals surface area (Å²) in [7, 11) is 0. The first-order chi connectivity index (χ1) is 10.7. The molecule has 0 spiro atoms. The van der Waals surface area contributed by atoms with Crippen LogP contribution in [0.1, 0.15) is 12.5 Å². The molecule has 1 amide bonds. The third-order valence-corrected chi connectivity index (χ3v) is 4.12. The van der Waals surface area contributed by atoms with E-state index in [9.17, 15) is 9.90 Å². The molecular weight excluding hydrogens is 276 g/mol. The lowest BCUT2D eigenvalue weighted by Gasteiger charge is -2.03. The van der Waals surface area contributed by atoms with Crippen LogP contribution in [0.5, 0.6) is 5.88 Å². The lowest BCUT2D eigenvalue weighted by atomic mass is 10.0. The zero-order chi connectivity index (χ0) is 15.3. The monoisotopic (exact) mass is 290 g/mol. The van der Waals surface area contributed by atoms with Crippen LogP contribution >= 0.6 is 0 Å². The van der Waals surface area contributed by atoms with Gasteiger partial charge in [-0.3, -0.25) is 4.79 Å². The Balaban J connectivity index is 2.20. The number of aryl methyl sites for hydroxylation is 1. The van der Waals surface area contributed by atoms with E-state index in [1.807, 2.05) is 60.0 Å². The van der Waals surface area contributed by atoms with E-state index in [0.717, 1.165) is 16.1 Å². The number of rotatable bonds is 2. The van der Waals surface area contributed by atoms with E-state index in [-0.39, 0.29) is 11.8 Å². The third-order valence-electron chi connectivity index (χ3n) is 4.12. The number of fused-ring (bicyclic) bond motifs is 2. The molecule has 3 aromatic rings. The fraction of sp³-hybridized carbons (Fsp3) is 0.111. The summed E-state index contributed by atoms with van der Waals surface area (Å²) in [5.41, 5.74) is 1.98. The van der Waals surface area contributed by atoms with Crippen LogP contribution in [0.3, 0.4) is 0 Å². The summed E-state index contributed by atoms with van der Waals surface area (Å²) >= 11 is 0. The Bertz CT molecular complexity index is 1040. The summed E-state index contributed by atoms with van der Waals surface area (Å²) in [6.45, 7) is 2.60. The largest absolute Gasteiger partial charge is 0.494 e. The van der Waals surface area contributed by atoms with E-state index in [1.165, 1.54) is 0 Å². The van der Waals surface area contributed by atoms with E-state index < -0.39 is 0 Å². The van der Waals surface area contributed by atoms with Gasteiger partial charge in [0, 0.05) is 17.1 Å². The number of para-hydroxylation sites is 2. The molecule has 1 aliphatic heterocycles. The number of nitrogens with zero attached hydrogens (tertiary/aromatic N) is 2. The molecule has 108 valence electrons. The van der Waals surface area contributed by atoms with Crippen LogP contribution in [0.15, 0.2) is 53.5 Å². The van der Waals surface area contributed by atoms with E-state index in [1.54, 1.807) is 0 Å². The van der Waals surface area contributed by atoms with Crippen LogP contribution < -0.4 is 10.6 Å². The molecule has 4 nitrogen and oxygen atoms in total. The third kappa shape index (κ3) is 1.58. The van der Waals surface area contributed by atoms with Crippen LogP contribution in [0.4, 0.5) is 0 Å². The van der Waals surface area contributed by atoms with Crippen LogP contribution in [-0.4, -0.2) is 15.6 Å². The first-order valence-corrected chi connectivity index (χ1v) is 7.25. The average Bonchev–Trinajstić information content (AvgIpc) is 3.00. The van der Waals surface area contributed by atoms with Crippen molar-refractivity contribution < 1.29 is 9.90 Å². The second-order valence-electron chi connectivity index (χ2n) is 5.27. The molecule has 0 aliphatic carbocycles. The Kier molecular flexibility index (Phi) is 2.66. The van der Waals surface area contributed by atoms with E-state index in [0.29, 0.717) is 23.0 Å². The lowest BCUT2D eigenvalue weighted by molar-refractivity contribution is -0.112. The number of amides is 1. The van der Waals surface area contributed by atoms with Crippen molar-refractivity contribution in [2.24, 2.45) is 4.99 Å². The molecule has 4 heteroatoms. The van der Waals surface area contributed by atoms with Gasteiger partial charge in [0.25, 0.3) is 5.91 Å². The fourth-order valence-corrected chi connectivity index (χ4v) is 3.16. The Morgan fingerprint density at radius 3 is 2.64 bits per heavy atom. The molecule has 0 saturated heterocycles. The maximum absolute atomic E-state index is 12.4. The molecule has 2 aromatic carbocycles. The maximum atomic E-state index is 12.4. The van der Waals surface area contributed by atoms with Crippen LogP contribution in [0, 0.1) is 0 Å². The topological polar surface area (TPSA) is 54.6 Å². The summed E-state index contributed by atoms with van der Waals surface area (Å²) < 4.78 is 1.81. The molecule has 4 rings (SSSR count). The van der Waals surface area contributed by atoms with Crippen molar-refractivity contribution >= 4 is 22.4 Å². The maximum Gasteiger partial charge on any atom is 0.279 e. The Hall–Kier alpha value is -2.88. The molecule has 2 heterocycles. The van der Waals surface area contributed by atoms with Gasteiger partial charge < -0.3 is 9.67 Å². The highest BCUT2D eigenvalue weighted by atomic mass is 16.3. The van der Waals surface area contributed by atoms with Gasteiger partial charge in [-0.15, -0.1) is 0 Å². The second kappa shape index (κ2) is 4.56. The Labute approximate surface area is 126 Å². The van der Waals surface area contributed by atoms with E-state index in [4.69, 9.17) is 0 Å². The SMILES string of the molecule is CCn1c(O)c(C2=c3ccccc3=NC2=O)c2ccccc21. The lowest BCUT2D eigenvalue weighted by Crippen LogP contribution is -2.22. The number of hydrogen-bond donors (Lipinski definition) is 1. The standard InChI is InChI=1S/C18H14N2O2/c1-2-20-14-10-6-4-8-12(14)16(18(20)22)15-11-7-3-5-9-13(11)19-17(15)21/h3-10,22H,2H2,1H3. The minimum atomic E-state index is -0.296. The van der Waals surface area contributed by atoms with Crippen molar-refractivity contribution in [3.8, 4) is 5.88 Å². The Morgan fingerprint density at radius 1 is 1.09 bits per heavy atom. The average molecular weight is 290 g/mol. The van der Waals surface area contributed by atoms with Crippen molar-refractivity contribution in [3.63, 3.8) is 0 Å². The molecule has 0 bridgehead atoms.